The molecular formula is C17H16F2N2O2. The number of carbonyl (C=O) groups excluding carboxylic acids is 1. The molecule has 1 N–H and O–H groups in total. The van der Waals surface area contributed by atoms with Crippen molar-refractivity contribution in [2.75, 3.05) is 6.54 Å². The fourth-order valence-electron chi connectivity index (χ4n) is 1.79. The van der Waals surface area contributed by atoms with Crippen LogP contribution in [0, 0.1) is 11.9 Å². The van der Waals surface area contributed by atoms with Crippen LogP contribution in [0.25, 0.3) is 6.08 Å². The number of pyridine rings is 1. The number of alkyl carbamates (subject to hydrolysis) is 1. The molecule has 1 aromatic carbocycles. The third kappa shape index (κ3) is 5.86. The first-order valence-electron chi connectivity index (χ1n) is 7.08. The SMILES string of the molecule is O=C(NCCC=Cc1ccc(F)nc1F)OCc1ccccc1. The van der Waals surface area contributed by atoms with E-state index < -0.39 is 18.0 Å². The Labute approximate surface area is 132 Å². The van der Waals surface area contributed by atoms with E-state index in [1.54, 1.807) is 6.08 Å². The molecule has 0 saturated carbocycles. The molecule has 1 amide bonds. The van der Waals surface area contributed by atoms with Crippen molar-refractivity contribution in [1.82, 2.24) is 10.3 Å². The number of nitrogens with zero attached hydrogens (tertiary/aromatic N) is 1. The molecule has 2 rings (SSSR count). The van der Waals surface area contributed by atoms with Crippen molar-refractivity contribution in [3.63, 3.8) is 0 Å². The van der Waals surface area contributed by atoms with Crippen LogP contribution in [0.1, 0.15) is 17.5 Å². The quantitative estimate of drug-likeness (QED) is 0.653. The van der Waals surface area contributed by atoms with Gasteiger partial charge in [0.15, 0.2) is 0 Å². The summed E-state index contributed by atoms with van der Waals surface area (Å²) in [7, 11) is 0. The number of halogens is 2. The molecular weight excluding hydrogens is 302 g/mol. The fraction of sp³-hybridized carbons (Fsp3) is 0.176. The second-order valence-corrected chi connectivity index (χ2v) is 4.69. The lowest BCUT2D eigenvalue weighted by molar-refractivity contribution is 0.140. The van der Waals surface area contributed by atoms with E-state index in [-0.39, 0.29) is 12.2 Å². The summed E-state index contributed by atoms with van der Waals surface area (Å²) >= 11 is 0. The highest BCUT2D eigenvalue weighted by molar-refractivity contribution is 5.67. The van der Waals surface area contributed by atoms with Gasteiger partial charge in [-0.05, 0) is 24.1 Å². The molecule has 1 heterocycles. The van der Waals surface area contributed by atoms with Gasteiger partial charge in [-0.15, -0.1) is 0 Å². The number of carbonyl (C=O) groups is 1. The van der Waals surface area contributed by atoms with E-state index in [2.05, 4.69) is 10.3 Å². The van der Waals surface area contributed by atoms with E-state index in [1.165, 1.54) is 12.1 Å². The first kappa shape index (κ1) is 16.6. The third-order valence-corrected chi connectivity index (χ3v) is 2.93. The summed E-state index contributed by atoms with van der Waals surface area (Å²) in [6, 6.07) is 11.7. The summed E-state index contributed by atoms with van der Waals surface area (Å²) in [5, 5.41) is 2.58. The molecule has 23 heavy (non-hydrogen) atoms. The molecule has 0 fully saturated rings. The zero-order valence-corrected chi connectivity index (χ0v) is 12.3. The lowest BCUT2D eigenvalue weighted by atomic mass is 10.2. The molecule has 0 atom stereocenters. The topological polar surface area (TPSA) is 51.2 Å². The Morgan fingerprint density at radius 2 is 1.96 bits per heavy atom. The maximum atomic E-state index is 13.3. The Morgan fingerprint density at radius 3 is 2.70 bits per heavy atom. The number of rotatable bonds is 6. The monoisotopic (exact) mass is 318 g/mol. The Morgan fingerprint density at radius 1 is 1.17 bits per heavy atom. The number of nitrogens with one attached hydrogen (secondary N) is 1. The summed E-state index contributed by atoms with van der Waals surface area (Å²) in [5.74, 6) is -1.72. The highest BCUT2D eigenvalue weighted by Crippen LogP contribution is 2.08. The van der Waals surface area contributed by atoms with Gasteiger partial charge in [-0.1, -0.05) is 42.5 Å². The average Bonchev–Trinajstić information content (AvgIpc) is 2.55. The van der Waals surface area contributed by atoms with Gasteiger partial charge < -0.3 is 10.1 Å². The Balaban J connectivity index is 1.66. The van der Waals surface area contributed by atoms with Crippen molar-refractivity contribution in [1.29, 1.82) is 0 Å². The zero-order chi connectivity index (χ0) is 16.5. The van der Waals surface area contributed by atoms with Gasteiger partial charge in [-0.3, -0.25) is 0 Å². The molecule has 0 spiro atoms. The smallest absolute Gasteiger partial charge is 0.407 e. The highest BCUT2D eigenvalue weighted by atomic mass is 19.1. The maximum Gasteiger partial charge on any atom is 0.407 e. The van der Waals surface area contributed by atoms with Gasteiger partial charge in [-0.2, -0.15) is 13.8 Å². The van der Waals surface area contributed by atoms with Gasteiger partial charge in [-0.25, -0.2) is 4.79 Å². The molecule has 0 aliphatic rings. The molecule has 0 aliphatic carbocycles. The van der Waals surface area contributed by atoms with Crippen LogP contribution in [0.15, 0.2) is 48.5 Å². The maximum absolute atomic E-state index is 13.3. The van der Waals surface area contributed by atoms with Crippen molar-refractivity contribution in [3.8, 4) is 0 Å². The largest absolute Gasteiger partial charge is 0.445 e. The minimum atomic E-state index is -0.864. The summed E-state index contributed by atoms with van der Waals surface area (Å²) < 4.78 is 30.9. The summed E-state index contributed by atoms with van der Waals surface area (Å²) in [6.07, 6.45) is 3.11. The normalized spacial score (nSPS) is 10.7. The third-order valence-electron chi connectivity index (χ3n) is 2.93. The van der Waals surface area contributed by atoms with Crippen molar-refractivity contribution in [2.24, 2.45) is 0 Å². The van der Waals surface area contributed by atoms with E-state index in [4.69, 9.17) is 4.74 Å². The molecule has 0 bridgehead atoms. The number of hydrogen-bond acceptors (Lipinski definition) is 3. The van der Waals surface area contributed by atoms with E-state index in [0.717, 1.165) is 11.6 Å². The second kappa shape index (κ2) is 8.63. The minimum Gasteiger partial charge on any atom is -0.445 e. The predicted molar refractivity (Wildman–Crippen MR) is 82.4 cm³/mol. The number of aromatic nitrogens is 1. The number of benzene rings is 1. The molecule has 2 aromatic rings. The molecule has 120 valence electrons. The lowest BCUT2D eigenvalue weighted by Gasteiger charge is -2.05. The first-order chi connectivity index (χ1) is 11.1. The fourth-order valence-corrected chi connectivity index (χ4v) is 1.79. The minimum absolute atomic E-state index is 0.193. The van der Waals surface area contributed by atoms with E-state index in [1.807, 2.05) is 30.3 Å². The van der Waals surface area contributed by atoms with Crippen LogP contribution in [0.4, 0.5) is 13.6 Å². The highest BCUT2D eigenvalue weighted by Gasteiger charge is 2.02. The Kier molecular flexibility index (Phi) is 6.23. The standard InChI is InChI=1S/C17H16F2N2O2/c18-15-10-9-14(16(19)21-15)8-4-5-11-20-17(22)23-12-13-6-2-1-3-7-13/h1-4,6-10H,5,11-12H2,(H,20,22). The predicted octanol–water partition coefficient (Wildman–Crippen LogP) is 3.69. The molecule has 6 heteroatoms. The van der Waals surface area contributed by atoms with Gasteiger partial charge in [0.05, 0.1) is 0 Å². The van der Waals surface area contributed by atoms with Crippen molar-refractivity contribution < 1.29 is 18.3 Å². The van der Waals surface area contributed by atoms with E-state index in [9.17, 15) is 13.6 Å². The van der Waals surface area contributed by atoms with Gasteiger partial charge in [0, 0.05) is 12.1 Å². The molecule has 0 radical (unpaired) electrons. The van der Waals surface area contributed by atoms with Crippen LogP contribution in [0.5, 0.6) is 0 Å². The summed E-state index contributed by atoms with van der Waals surface area (Å²) in [6.45, 7) is 0.551. The van der Waals surface area contributed by atoms with Crippen molar-refractivity contribution >= 4 is 12.2 Å². The molecule has 1 aromatic heterocycles. The first-order valence-corrected chi connectivity index (χ1v) is 7.08. The van der Waals surface area contributed by atoms with Gasteiger partial charge >= 0.3 is 6.09 Å². The van der Waals surface area contributed by atoms with Crippen LogP contribution < -0.4 is 5.32 Å². The van der Waals surface area contributed by atoms with Crippen molar-refractivity contribution in [2.45, 2.75) is 13.0 Å². The molecule has 0 unspecified atom stereocenters. The van der Waals surface area contributed by atoms with Gasteiger partial charge in [0.25, 0.3) is 0 Å². The molecule has 4 nitrogen and oxygen atoms in total. The van der Waals surface area contributed by atoms with Crippen LogP contribution in [0.3, 0.4) is 0 Å². The van der Waals surface area contributed by atoms with Crippen molar-refractivity contribution in [3.05, 3.63) is 71.6 Å². The molecule has 0 saturated heterocycles. The number of amides is 1. The molecule has 0 aliphatic heterocycles. The zero-order valence-electron chi connectivity index (χ0n) is 12.3. The van der Waals surface area contributed by atoms with Crippen LogP contribution in [0.2, 0.25) is 0 Å². The lowest BCUT2D eigenvalue weighted by Crippen LogP contribution is -2.24. The number of ether oxygens (including phenoxy) is 1. The number of hydrogen-bond donors (Lipinski definition) is 1. The van der Waals surface area contributed by atoms with Crippen LogP contribution >= 0.6 is 0 Å². The Hall–Kier alpha value is -2.76. The van der Waals surface area contributed by atoms with Crippen LogP contribution in [-0.2, 0) is 11.3 Å². The Bertz CT molecular complexity index is 676. The summed E-state index contributed by atoms with van der Waals surface area (Å²) in [4.78, 5) is 14.6. The van der Waals surface area contributed by atoms with E-state index >= 15 is 0 Å². The van der Waals surface area contributed by atoms with Crippen LogP contribution in [-0.4, -0.2) is 17.6 Å². The van der Waals surface area contributed by atoms with E-state index in [0.29, 0.717) is 13.0 Å². The summed E-state index contributed by atoms with van der Waals surface area (Å²) in [5.41, 5.74) is 1.10. The average molecular weight is 318 g/mol. The second-order valence-electron chi connectivity index (χ2n) is 4.69. The van der Waals surface area contributed by atoms with Gasteiger partial charge in [0.2, 0.25) is 11.9 Å². The van der Waals surface area contributed by atoms with Gasteiger partial charge in [0.1, 0.15) is 6.61 Å².